The molecule has 67 heavy (non-hydrogen) atoms. The van der Waals surface area contributed by atoms with Gasteiger partial charge >= 0.3 is 0 Å². The average molecular weight is 862 g/mol. The summed E-state index contributed by atoms with van der Waals surface area (Å²) in [4.78, 5) is 7.43. The van der Waals surface area contributed by atoms with Crippen LogP contribution in [0, 0.1) is 11.8 Å². The average Bonchev–Trinajstić information content (AvgIpc) is 3.60. The van der Waals surface area contributed by atoms with Crippen LogP contribution in [0.5, 0.6) is 0 Å². The van der Waals surface area contributed by atoms with Gasteiger partial charge in [-0.25, -0.2) is 0 Å². The number of hydrogen-bond donors (Lipinski definition) is 0. The maximum absolute atomic E-state index is 2.59. The third-order valence-electron chi connectivity index (χ3n) is 15.9. The van der Waals surface area contributed by atoms with Gasteiger partial charge in [0.15, 0.2) is 0 Å². The number of rotatable bonds is 5. The summed E-state index contributed by atoms with van der Waals surface area (Å²) in [5, 5.41) is 6.62. The fourth-order valence-corrected chi connectivity index (χ4v) is 12.8. The van der Waals surface area contributed by atoms with Crippen molar-refractivity contribution in [1.29, 1.82) is 0 Å². The molecule has 0 spiro atoms. The molecule has 0 bridgehead atoms. The number of aryl methyl sites for hydroxylation is 1. The molecule has 3 atom stereocenters. The minimum absolute atomic E-state index is 0.0606. The fourth-order valence-electron chi connectivity index (χ4n) is 12.8. The lowest BCUT2D eigenvalue weighted by molar-refractivity contribution is 0.641. The lowest BCUT2D eigenvalue weighted by Gasteiger charge is -2.40. The van der Waals surface area contributed by atoms with Gasteiger partial charge in [0.25, 0.3) is 0 Å². The first-order valence-electron chi connectivity index (χ1n) is 24.3. The van der Waals surface area contributed by atoms with Crippen molar-refractivity contribution < 1.29 is 0 Å². The SMILES string of the molecule is CC1(C)C2=CC(/C=C/C3C=Cc4c5c(c6ccc(N7c8ccccc8N(c8ccccc8)c8ccccc87)c7cccc4c76)=CC=CC53)CC=C2c2ccc(N3CCCc4ccccc43)cc21. The number of benzene rings is 8. The number of allylic oxidation sites excluding steroid dienone is 9. The van der Waals surface area contributed by atoms with E-state index >= 15 is 0 Å². The molecule has 322 valence electrons. The van der Waals surface area contributed by atoms with Gasteiger partial charge in [0, 0.05) is 46.2 Å². The topological polar surface area (TPSA) is 9.72 Å². The van der Waals surface area contributed by atoms with Gasteiger partial charge in [-0.2, -0.15) is 0 Å². The van der Waals surface area contributed by atoms with Gasteiger partial charge in [-0.3, -0.25) is 0 Å². The number of fused-ring (bicyclic) bond motifs is 8. The zero-order valence-electron chi connectivity index (χ0n) is 38.0. The molecule has 0 N–H and O–H groups in total. The summed E-state index contributed by atoms with van der Waals surface area (Å²) in [5.74, 6) is 0.911. The maximum Gasteiger partial charge on any atom is 0.0703 e. The molecule has 8 aromatic carbocycles. The van der Waals surface area contributed by atoms with Crippen molar-refractivity contribution in [2.75, 3.05) is 21.2 Å². The van der Waals surface area contributed by atoms with Crippen LogP contribution in [0.15, 0.2) is 200 Å². The van der Waals surface area contributed by atoms with Crippen LogP contribution in [0.25, 0.3) is 39.3 Å². The maximum atomic E-state index is 2.59. The highest BCUT2D eigenvalue weighted by molar-refractivity contribution is 6.20. The van der Waals surface area contributed by atoms with E-state index < -0.39 is 0 Å². The highest BCUT2D eigenvalue weighted by atomic mass is 15.3. The van der Waals surface area contributed by atoms with Crippen molar-refractivity contribution >= 4 is 84.8 Å². The van der Waals surface area contributed by atoms with E-state index in [2.05, 4.69) is 235 Å². The van der Waals surface area contributed by atoms with Crippen LogP contribution in [-0.4, -0.2) is 6.54 Å². The van der Waals surface area contributed by atoms with Crippen LogP contribution in [0.2, 0.25) is 0 Å². The molecule has 0 saturated heterocycles. The standard InChI is InChI=1S/C64H51N3/c1-64(2)54-39-41(29-33-47(54)48-35-32-45(40-55(48)64)65-38-14-16-43-15-6-7-23-56(43)65)28-30-42-31-34-51-50-21-13-22-53-57(37-36-52(63(50)53)49-20-12-19-46(42)62(49)51)67-60-26-10-8-24-58(60)66(44-17-4-3-5-18-44)59-25-9-11-27-61(59)67/h3-13,15,17-28,30-37,39-42,46H,14,16,29,38H2,1-2H3/b30-28+. The normalized spacial score (nSPS) is 20.4. The molecule has 2 aliphatic heterocycles. The number of anilines is 8. The molecule has 4 aliphatic carbocycles. The van der Waals surface area contributed by atoms with E-state index in [0.717, 1.165) is 25.1 Å². The largest absolute Gasteiger partial charge is 0.341 e. The molecule has 0 aromatic heterocycles. The van der Waals surface area contributed by atoms with Crippen molar-refractivity contribution in [3.05, 3.63) is 233 Å². The Labute approximate surface area is 393 Å². The van der Waals surface area contributed by atoms with Crippen molar-refractivity contribution in [2.45, 2.75) is 44.4 Å². The first-order valence-corrected chi connectivity index (χ1v) is 24.3. The summed E-state index contributed by atoms with van der Waals surface area (Å²) < 4.78 is 0. The molecule has 8 aromatic rings. The molecular weight excluding hydrogens is 811 g/mol. The van der Waals surface area contributed by atoms with Crippen LogP contribution in [0.1, 0.15) is 60.4 Å². The van der Waals surface area contributed by atoms with Gasteiger partial charge in [0.1, 0.15) is 0 Å². The quantitative estimate of drug-likeness (QED) is 0.160. The second-order valence-electron chi connectivity index (χ2n) is 19.8. The van der Waals surface area contributed by atoms with Crippen LogP contribution in [0.4, 0.5) is 45.5 Å². The molecule has 6 aliphatic rings. The predicted molar refractivity (Wildman–Crippen MR) is 283 cm³/mol. The fraction of sp³-hybridized carbons (Fsp3) is 0.156. The Morgan fingerprint density at radius 1 is 0.612 bits per heavy atom. The summed E-state index contributed by atoms with van der Waals surface area (Å²) in [6, 6.07) is 56.4. The van der Waals surface area contributed by atoms with Crippen LogP contribution in [0.3, 0.4) is 0 Å². The minimum atomic E-state index is -0.0606. The van der Waals surface area contributed by atoms with Crippen LogP contribution in [-0.2, 0) is 11.8 Å². The molecule has 14 rings (SSSR count). The molecule has 0 amide bonds. The van der Waals surface area contributed by atoms with Gasteiger partial charge in [-0.1, -0.05) is 160 Å². The van der Waals surface area contributed by atoms with E-state index in [-0.39, 0.29) is 17.3 Å². The van der Waals surface area contributed by atoms with Gasteiger partial charge in [0.2, 0.25) is 0 Å². The third-order valence-corrected chi connectivity index (χ3v) is 15.9. The molecule has 3 nitrogen and oxygen atoms in total. The number of nitrogens with zero attached hydrogens (tertiary/aromatic N) is 3. The Balaban J connectivity index is 0.804. The van der Waals surface area contributed by atoms with Crippen molar-refractivity contribution in [1.82, 2.24) is 0 Å². The van der Waals surface area contributed by atoms with E-state index in [1.165, 1.54) is 112 Å². The smallest absolute Gasteiger partial charge is 0.0703 e. The Morgan fingerprint density at radius 2 is 1.34 bits per heavy atom. The summed E-state index contributed by atoms with van der Waals surface area (Å²) in [6.07, 6.45) is 25.6. The molecule has 0 radical (unpaired) electrons. The monoisotopic (exact) mass is 861 g/mol. The lowest BCUT2D eigenvalue weighted by atomic mass is 9.73. The highest BCUT2D eigenvalue weighted by Gasteiger charge is 2.40. The second-order valence-corrected chi connectivity index (χ2v) is 19.8. The number of hydrogen-bond acceptors (Lipinski definition) is 3. The Kier molecular flexibility index (Phi) is 8.47. The van der Waals surface area contributed by atoms with E-state index in [0.29, 0.717) is 5.92 Å². The van der Waals surface area contributed by atoms with Crippen molar-refractivity contribution in [2.24, 2.45) is 11.8 Å². The third kappa shape index (κ3) is 5.70. The second kappa shape index (κ2) is 14.7. The predicted octanol–water partition coefficient (Wildman–Crippen LogP) is 16.0. The first-order chi connectivity index (χ1) is 33.0. The summed E-state index contributed by atoms with van der Waals surface area (Å²) in [7, 11) is 0. The van der Waals surface area contributed by atoms with Crippen LogP contribution < -0.4 is 19.9 Å². The van der Waals surface area contributed by atoms with Gasteiger partial charge in [0.05, 0.1) is 28.4 Å². The van der Waals surface area contributed by atoms with Crippen molar-refractivity contribution in [3.63, 3.8) is 0 Å². The molecule has 2 heterocycles. The summed E-state index contributed by atoms with van der Waals surface area (Å²) in [5.41, 5.74) is 19.7. The number of para-hydroxylation sites is 6. The van der Waals surface area contributed by atoms with E-state index in [1.807, 2.05) is 0 Å². The zero-order chi connectivity index (χ0) is 44.4. The summed E-state index contributed by atoms with van der Waals surface area (Å²) in [6.45, 7) is 5.94. The molecular formula is C64H51N3. The Hall–Kier alpha value is -7.62. The summed E-state index contributed by atoms with van der Waals surface area (Å²) >= 11 is 0. The van der Waals surface area contributed by atoms with Gasteiger partial charge in [-0.05, 0) is 146 Å². The van der Waals surface area contributed by atoms with Gasteiger partial charge in [-0.15, -0.1) is 0 Å². The molecule has 3 unspecified atom stereocenters. The minimum Gasteiger partial charge on any atom is -0.341 e. The zero-order valence-corrected chi connectivity index (χ0v) is 38.0. The van der Waals surface area contributed by atoms with E-state index in [9.17, 15) is 0 Å². The highest BCUT2D eigenvalue weighted by Crippen LogP contribution is 2.57. The van der Waals surface area contributed by atoms with E-state index in [4.69, 9.17) is 0 Å². The molecule has 3 heteroatoms. The van der Waals surface area contributed by atoms with Crippen molar-refractivity contribution in [3.8, 4) is 0 Å². The van der Waals surface area contributed by atoms with E-state index in [1.54, 1.807) is 0 Å². The molecule has 0 saturated carbocycles. The lowest BCUT2D eigenvalue weighted by Crippen LogP contribution is -2.25. The molecule has 0 fully saturated rings. The Bertz CT molecular complexity index is 3550. The van der Waals surface area contributed by atoms with Crippen LogP contribution >= 0.6 is 0 Å². The van der Waals surface area contributed by atoms with Gasteiger partial charge < -0.3 is 14.7 Å². The first kappa shape index (κ1) is 38.6. The Morgan fingerprint density at radius 3 is 2.15 bits per heavy atom.